The summed E-state index contributed by atoms with van der Waals surface area (Å²) in [6, 6.07) is 0. The Morgan fingerprint density at radius 1 is 0.409 bits per heavy atom. The van der Waals surface area contributed by atoms with Crippen molar-refractivity contribution in [1.82, 2.24) is 0 Å². The minimum atomic E-state index is -5.69. The number of unbranched alkanes of at least 4 members (excludes halogenated alkanes) is 32. The number of hydrogen-bond donors (Lipinski definition) is 11. The first kappa shape index (κ1) is 84.9. The van der Waals surface area contributed by atoms with Crippen molar-refractivity contribution in [3.63, 3.8) is 0 Å². The van der Waals surface area contributed by atoms with Crippen molar-refractivity contribution in [3.8, 4) is 0 Å². The van der Waals surface area contributed by atoms with E-state index in [2.05, 4.69) is 32.9 Å². The number of allylic oxidation sites excluding steroid dienone is 2. The number of carbonyl (C=O) groups is 3. The van der Waals surface area contributed by atoms with Gasteiger partial charge < -0.3 is 89.1 Å². The van der Waals surface area contributed by atoms with Crippen molar-refractivity contribution >= 4 is 25.7 Å². The van der Waals surface area contributed by atoms with Gasteiger partial charge in [0, 0.05) is 19.3 Å². The topological polar surface area (TPSA) is 374 Å². The lowest BCUT2D eigenvalue weighted by Gasteiger charge is -2.49. The molecule has 1 saturated carbocycles. The van der Waals surface area contributed by atoms with Crippen LogP contribution in [-0.2, 0) is 61.2 Å². The van der Waals surface area contributed by atoms with Crippen LogP contribution in [0.2, 0.25) is 0 Å². The lowest BCUT2D eigenvalue weighted by atomic mass is 9.84. The number of rotatable bonds is 55. The molecule has 546 valence electrons. The fourth-order valence-electron chi connectivity index (χ4n) is 11.9. The summed E-state index contributed by atoms with van der Waals surface area (Å²) in [5, 5.41) is 110. The van der Waals surface area contributed by atoms with Crippen LogP contribution >= 0.6 is 7.82 Å². The van der Waals surface area contributed by atoms with E-state index in [0.717, 1.165) is 89.9 Å². The Morgan fingerprint density at radius 3 is 1.17 bits per heavy atom. The normalized spacial score (nSPS) is 28.5. The van der Waals surface area contributed by atoms with Gasteiger partial charge >= 0.3 is 25.7 Å². The van der Waals surface area contributed by atoms with Crippen LogP contribution in [0.3, 0.4) is 0 Å². The highest BCUT2D eigenvalue weighted by Crippen LogP contribution is 2.49. The predicted molar refractivity (Wildman–Crippen MR) is 347 cm³/mol. The van der Waals surface area contributed by atoms with Crippen molar-refractivity contribution < 1.29 is 117 Å². The Labute approximate surface area is 554 Å². The highest BCUT2D eigenvalue weighted by molar-refractivity contribution is 7.47. The van der Waals surface area contributed by atoms with Gasteiger partial charge in [-0.25, -0.2) is 4.57 Å². The SMILES string of the molecule is CCCCCCCCC/C=C\CCCCCC(=O)OC(COC(=O)CCCCCCCCCCCCCC)COP(=O)(O)OC1C(OC2OC(CO)C(O)C(O)C2O)C(O)C(O)C(O)C1OC1OC(COC(=O)CCCCCCCCCCCCCC)C(O)C(O)C1O. The van der Waals surface area contributed by atoms with E-state index in [9.17, 15) is 74.9 Å². The molecule has 11 N–H and O–H groups in total. The van der Waals surface area contributed by atoms with E-state index < -0.39 is 156 Å². The molecule has 0 spiro atoms. The molecular weight excluding hydrogens is 1230 g/mol. The van der Waals surface area contributed by atoms with E-state index in [1.54, 1.807) is 0 Å². The molecule has 0 aromatic heterocycles. The Kier molecular flexibility index (Phi) is 46.5. The smallest absolute Gasteiger partial charge is 0.463 e. The predicted octanol–water partition coefficient (Wildman–Crippen LogP) is 8.79. The number of phosphoric acid groups is 1. The standard InChI is InChI=1S/C68H125O24P/c1-4-7-10-13-16-19-22-25-26-29-32-35-38-41-44-54(72)87-49(46-84-52(70)42-39-36-33-30-27-23-20-17-14-11-8-5-2)47-86-93(82,83)92-66-64(90-67-62(80)57(75)55(73)50(45-69)88-67)60(78)59(77)61(79)65(66)91-68-63(81)58(76)56(74)51(89-68)48-85-53(71)43-40-37-34-31-28-24-21-18-15-12-9-6-3/h26,29,49-51,55-69,73-81H,4-25,27-28,30-48H2,1-3H3,(H,82,83)/b29-26-. The molecular formula is C68H125O24P. The molecule has 2 aliphatic heterocycles. The van der Waals surface area contributed by atoms with Gasteiger partial charge in [0.15, 0.2) is 18.7 Å². The molecule has 1 aliphatic carbocycles. The van der Waals surface area contributed by atoms with Gasteiger partial charge in [0.1, 0.15) is 98.7 Å². The molecule has 93 heavy (non-hydrogen) atoms. The number of hydrogen-bond acceptors (Lipinski definition) is 23. The lowest BCUT2D eigenvalue weighted by molar-refractivity contribution is -0.360. The average Bonchev–Trinajstić information content (AvgIpc) is 0.775. The highest BCUT2D eigenvalue weighted by Gasteiger charge is 2.58. The van der Waals surface area contributed by atoms with Gasteiger partial charge in [-0.3, -0.25) is 23.4 Å². The van der Waals surface area contributed by atoms with Gasteiger partial charge in [0.05, 0.1) is 13.2 Å². The first-order chi connectivity index (χ1) is 44.8. The number of aliphatic hydroxyl groups is 10. The number of esters is 3. The highest BCUT2D eigenvalue weighted by atomic mass is 31.2. The molecule has 0 bridgehead atoms. The summed E-state index contributed by atoms with van der Waals surface area (Å²) < 4.78 is 64.8. The maximum atomic E-state index is 14.3. The molecule has 0 radical (unpaired) electrons. The molecule has 2 heterocycles. The van der Waals surface area contributed by atoms with Crippen LogP contribution in [0.5, 0.6) is 0 Å². The van der Waals surface area contributed by atoms with Gasteiger partial charge in [-0.15, -0.1) is 0 Å². The number of phosphoric ester groups is 1. The second kappa shape index (κ2) is 50.9. The second-order valence-corrected chi connectivity index (χ2v) is 27.4. The van der Waals surface area contributed by atoms with E-state index in [4.69, 9.17) is 42.2 Å². The monoisotopic (exact) mass is 1360 g/mol. The summed E-state index contributed by atoms with van der Waals surface area (Å²) in [6.07, 6.45) is 7.37. The van der Waals surface area contributed by atoms with Crippen LogP contribution in [0.15, 0.2) is 12.2 Å². The van der Waals surface area contributed by atoms with Gasteiger partial charge in [-0.2, -0.15) is 0 Å². The van der Waals surface area contributed by atoms with Crippen molar-refractivity contribution in [2.75, 3.05) is 26.4 Å². The van der Waals surface area contributed by atoms with Crippen LogP contribution in [0, 0.1) is 0 Å². The van der Waals surface area contributed by atoms with E-state index in [1.165, 1.54) is 116 Å². The molecule has 3 aliphatic rings. The summed E-state index contributed by atoms with van der Waals surface area (Å²) in [7, 11) is -5.69. The maximum Gasteiger partial charge on any atom is 0.472 e. The number of aliphatic hydroxyl groups excluding tert-OH is 10. The summed E-state index contributed by atoms with van der Waals surface area (Å²) in [6.45, 7) is 3.40. The van der Waals surface area contributed by atoms with Crippen LogP contribution in [-0.4, -0.2) is 204 Å². The molecule has 25 heteroatoms. The Hall–Kier alpha value is -2.30. The molecule has 18 unspecified atom stereocenters. The Morgan fingerprint density at radius 2 is 0.753 bits per heavy atom. The quantitative estimate of drug-likeness (QED) is 0.00890. The molecule has 0 amide bonds. The molecule has 0 aromatic rings. The first-order valence-corrected chi connectivity index (χ1v) is 37.5. The van der Waals surface area contributed by atoms with Crippen LogP contribution in [0.1, 0.15) is 271 Å². The summed E-state index contributed by atoms with van der Waals surface area (Å²) in [4.78, 5) is 50.8. The molecule has 0 aromatic carbocycles. The Bertz CT molecular complexity index is 1990. The maximum absolute atomic E-state index is 14.3. The molecule has 24 nitrogen and oxygen atoms in total. The lowest BCUT2D eigenvalue weighted by Crippen LogP contribution is -2.69. The molecule has 3 rings (SSSR count). The summed E-state index contributed by atoms with van der Waals surface area (Å²) >= 11 is 0. The van der Waals surface area contributed by atoms with Gasteiger partial charge in [0.25, 0.3) is 0 Å². The van der Waals surface area contributed by atoms with Crippen molar-refractivity contribution in [2.45, 2.75) is 375 Å². The van der Waals surface area contributed by atoms with Crippen molar-refractivity contribution in [1.29, 1.82) is 0 Å². The third-order valence-corrected chi connectivity index (χ3v) is 18.8. The molecule has 2 saturated heterocycles. The first-order valence-electron chi connectivity index (χ1n) is 36.0. The fourth-order valence-corrected chi connectivity index (χ4v) is 12.8. The van der Waals surface area contributed by atoms with E-state index in [0.29, 0.717) is 25.7 Å². The Balaban J connectivity index is 1.76. The molecule has 3 fully saturated rings. The van der Waals surface area contributed by atoms with Gasteiger partial charge in [-0.05, 0) is 44.9 Å². The summed E-state index contributed by atoms with van der Waals surface area (Å²) in [5.41, 5.74) is 0. The largest absolute Gasteiger partial charge is 0.472 e. The third-order valence-electron chi connectivity index (χ3n) is 17.8. The second-order valence-electron chi connectivity index (χ2n) is 26.0. The number of ether oxygens (including phenoxy) is 7. The zero-order valence-electron chi connectivity index (χ0n) is 56.5. The van der Waals surface area contributed by atoms with Crippen LogP contribution in [0.25, 0.3) is 0 Å². The van der Waals surface area contributed by atoms with E-state index in [1.807, 2.05) is 0 Å². The molecule has 18 atom stereocenters. The van der Waals surface area contributed by atoms with Crippen molar-refractivity contribution in [3.05, 3.63) is 12.2 Å². The fraction of sp³-hybridized carbons (Fsp3) is 0.926. The van der Waals surface area contributed by atoms with E-state index >= 15 is 0 Å². The van der Waals surface area contributed by atoms with E-state index in [-0.39, 0.29) is 19.3 Å². The van der Waals surface area contributed by atoms with Gasteiger partial charge in [0.2, 0.25) is 0 Å². The van der Waals surface area contributed by atoms with Gasteiger partial charge in [-0.1, -0.05) is 219 Å². The number of carbonyl (C=O) groups excluding carboxylic acids is 3. The average molecular weight is 1360 g/mol. The zero-order valence-corrected chi connectivity index (χ0v) is 57.4. The van der Waals surface area contributed by atoms with Crippen LogP contribution < -0.4 is 0 Å². The third kappa shape index (κ3) is 34.9. The zero-order chi connectivity index (χ0) is 68.2. The van der Waals surface area contributed by atoms with Crippen molar-refractivity contribution in [2.24, 2.45) is 0 Å². The minimum absolute atomic E-state index is 0.0313. The van der Waals surface area contributed by atoms with Crippen LogP contribution in [0.4, 0.5) is 0 Å². The minimum Gasteiger partial charge on any atom is -0.463 e. The summed E-state index contributed by atoms with van der Waals surface area (Å²) in [5.74, 6) is -2.00.